The Morgan fingerprint density at radius 3 is 3.06 bits per heavy atom. The number of imidazole rings is 1. The summed E-state index contributed by atoms with van der Waals surface area (Å²) in [7, 11) is 0. The molecule has 2 heterocycles. The molecule has 0 radical (unpaired) electrons. The molecule has 0 aromatic carbocycles. The lowest BCUT2D eigenvalue weighted by molar-refractivity contribution is 0.0995. The van der Waals surface area contributed by atoms with Crippen LogP contribution in [0.5, 0.6) is 0 Å². The Hall–Kier alpha value is -2.40. The molecule has 80 valence electrons. The van der Waals surface area contributed by atoms with Gasteiger partial charge in [0.25, 0.3) is 5.91 Å². The maximum absolute atomic E-state index is 13.0. The van der Waals surface area contributed by atoms with Crippen molar-refractivity contribution < 1.29 is 9.18 Å². The fourth-order valence-electron chi connectivity index (χ4n) is 1.43. The Morgan fingerprint density at radius 2 is 2.38 bits per heavy atom. The zero-order valence-electron chi connectivity index (χ0n) is 8.25. The fraction of sp³-hybridized carbons (Fsp3) is 0.111. The summed E-state index contributed by atoms with van der Waals surface area (Å²) in [6.45, 7) is 1.60. The van der Waals surface area contributed by atoms with Crippen molar-refractivity contribution in [2.24, 2.45) is 5.11 Å². The number of carbonyl (C=O) groups is 1. The van der Waals surface area contributed by atoms with Gasteiger partial charge in [-0.1, -0.05) is 0 Å². The normalized spacial score (nSPS) is 10.1. The second kappa shape index (κ2) is 3.63. The number of pyridine rings is 1. The van der Waals surface area contributed by atoms with E-state index in [1.807, 2.05) is 0 Å². The lowest BCUT2D eigenvalue weighted by Crippen LogP contribution is -1.97. The first-order chi connectivity index (χ1) is 7.63. The van der Waals surface area contributed by atoms with Gasteiger partial charge in [0.2, 0.25) is 0 Å². The molecule has 0 unspecified atom stereocenters. The lowest BCUT2D eigenvalue weighted by Gasteiger charge is -1.95. The summed E-state index contributed by atoms with van der Waals surface area (Å²) in [5, 5.41) is 2.95. The number of azide groups is 1. The van der Waals surface area contributed by atoms with Crippen LogP contribution in [0, 0.1) is 12.7 Å². The Balaban J connectivity index is 2.69. The van der Waals surface area contributed by atoms with Crippen LogP contribution < -0.4 is 0 Å². The van der Waals surface area contributed by atoms with Gasteiger partial charge in [-0.3, -0.25) is 4.79 Å². The highest BCUT2D eigenvalue weighted by atomic mass is 19.1. The second-order valence-electron chi connectivity index (χ2n) is 3.12. The Kier molecular flexibility index (Phi) is 2.30. The molecule has 6 nitrogen and oxygen atoms in total. The molecule has 2 aromatic heterocycles. The maximum atomic E-state index is 13.0. The van der Waals surface area contributed by atoms with Gasteiger partial charge in [0, 0.05) is 11.1 Å². The van der Waals surface area contributed by atoms with Gasteiger partial charge >= 0.3 is 0 Å². The number of fused-ring (bicyclic) bond motifs is 1. The van der Waals surface area contributed by atoms with E-state index in [4.69, 9.17) is 5.53 Å². The van der Waals surface area contributed by atoms with E-state index in [0.29, 0.717) is 11.3 Å². The number of hydrogen-bond donors (Lipinski definition) is 0. The summed E-state index contributed by atoms with van der Waals surface area (Å²) in [5.74, 6) is -1.21. The molecule has 0 aliphatic carbocycles. The third kappa shape index (κ3) is 1.49. The van der Waals surface area contributed by atoms with Crippen LogP contribution >= 0.6 is 0 Å². The Morgan fingerprint density at radius 1 is 1.62 bits per heavy atom. The molecule has 2 aromatic rings. The summed E-state index contributed by atoms with van der Waals surface area (Å²) in [4.78, 5) is 17.7. The van der Waals surface area contributed by atoms with Crippen molar-refractivity contribution in [3.8, 4) is 0 Å². The predicted molar refractivity (Wildman–Crippen MR) is 53.4 cm³/mol. The summed E-state index contributed by atoms with van der Waals surface area (Å²) < 4.78 is 14.4. The van der Waals surface area contributed by atoms with Gasteiger partial charge in [-0.25, -0.2) is 9.37 Å². The highest BCUT2D eigenvalue weighted by Crippen LogP contribution is 2.13. The molecule has 16 heavy (non-hydrogen) atoms. The van der Waals surface area contributed by atoms with Gasteiger partial charge < -0.3 is 4.40 Å². The van der Waals surface area contributed by atoms with Crippen molar-refractivity contribution >= 4 is 11.6 Å². The summed E-state index contributed by atoms with van der Waals surface area (Å²) in [5.41, 5.74) is 9.04. The average molecular weight is 219 g/mol. The Bertz CT molecular complexity index is 626. The number of carbonyl (C=O) groups excluding carboxylic acids is 1. The third-order valence-corrected chi connectivity index (χ3v) is 2.16. The van der Waals surface area contributed by atoms with Crippen LogP contribution in [0.25, 0.3) is 16.1 Å². The largest absolute Gasteiger partial charge is 0.301 e. The second-order valence-corrected chi connectivity index (χ2v) is 3.12. The van der Waals surface area contributed by atoms with Crippen LogP contribution in [0.2, 0.25) is 0 Å². The zero-order chi connectivity index (χ0) is 11.7. The van der Waals surface area contributed by atoms with E-state index in [1.165, 1.54) is 22.7 Å². The van der Waals surface area contributed by atoms with Crippen LogP contribution in [-0.4, -0.2) is 15.3 Å². The summed E-state index contributed by atoms with van der Waals surface area (Å²) >= 11 is 0. The first kappa shape index (κ1) is 10.1. The molecule has 0 saturated heterocycles. The molecule has 2 rings (SSSR count). The van der Waals surface area contributed by atoms with E-state index in [0.717, 1.165) is 0 Å². The number of aryl methyl sites for hydroxylation is 1. The first-order valence-electron chi connectivity index (χ1n) is 4.37. The molecular formula is C9H6FN5O. The van der Waals surface area contributed by atoms with Gasteiger partial charge in [-0.15, -0.1) is 0 Å². The molecular weight excluding hydrogens is 213 g/mol. The van der Waals surface area contributed by atoms with E-state index in [1.54, 1.807) is 6.92 Å². The summed E-state index contributed by atoms with van der Waals surface area (Å²) in [6.07, 6.45) is 1.21. The van der Waals surface area contributed by atoms with E-state index in [-0.39, 0.29) is 5.69 Å². The Labute approximate surface area is 89.0 Å². The molecule has 1 amide bonds. The molecule has 0 aliphatic rings. The van der Waals surface area contributed by atoms with Crippen LogP contribution in [-0.2, 0) is 0 Å². The minimum atomic E-state index is -0.774. The van der Waals surface area contributed by atoms with Crippen LogP contribution in [0.3, 0.4) is 0 Å². The molecule has 0 atom stereocenters. The lowest BCUT2D eigenvalue weighted by atomic mass is 10.3. The molecule has 0 aliphatic heterocycles. The number of amides is 1. The highest BCUT2D eigenvalue weighted by molar-refractivity contribution is 5.94. The molecule has 0 spiro atoms. The van der Waals surface area contributed by atoms with Crippen molar-refractivity contribution in [3.05, 3.63) is 46.0 Å². The standard InChI is InChI=1S/C9H6FN5O/c1-5-8(9(16)13-14-11)12-7-3-2-6(10)4-15(5)7/h2-4H,1H3. The number of nitrogens with zero attached hydrogens (tertiary/aromatic N) is 5. The fourth-order valence-corrected chi connectivity index (χ4v) is 1.43. The monoisotopic (exact) mass is 219 g/mol. The summed E-state index contributed by atoms with van der Waals surface area (Å²) in [6, 6.07) is 2.68. The SMILES string of the molecule is Cc1c(C(=O)N=[N+]=[N-])nc2ccc(F)cn12. The van der Waals surface area contributed by atoms with Gasteiger partial charge in [-0.2, -0.15) is 0 Å². The van der Waals surface area contributed by atoms with Crippen molar-refractivity contribution in [1.29, 1.82) is 0 Å². The maximum Gasteiger partial charge on any atom is 0.269 e. The van der Waals surface area contributed by atoms with Crippen molar-refractivity contribution in [2.75, 3.05) is 0 Å². The average Bonchev–Trinajstić information content (AvgIpc) is 2.57. The molecule has 0 N–H and O–H groups in total. The third-order valence-electron chi connectivity index (χ3n) is 2.16. The van der Waals surface area contributed by atoms with E-state index >= 15 is 0 Å². The smallest absolute Gasteiger partial charge is 0.269 e. The van der Waals surface area contributed by atoms with Crippen molar-refractivity contribution in [1.82, 2.24) is 9.38 Å². The number of rotatable bonds is 1. The molecule has 0 saturated carbocycles. The highest BCUT2D eigenvalue weighted by Gasteiger charge is 2.14. The van der Waals surface area contributed by atoms with Gasteiger partial charge in [0.15, 0.2) is 0 Å². The predicted octanol–water partition coefficient (Wildman–Crippen LogP) is 2.23. The van der Waals surface area contributed by atoms with Crippen LogP contribution in [0.4, 0.5) is 4.39 Å². The number of hydrogen-bond acceptors (Lipinski definition) is 2. The van der Waals surface area contributed by atoms with Crippen LogP contribution in [0.1, 0.15) is 16.2 Å². The number of aromatic nitrogens is 2. The van der Waals surface area contributed by atoms with Gasteiger partial charge in [0.1, 0.15) is 17.2 Å². The van der Waals surface area contributed by atoms with Crippen molar-refractivity contribution in [3.63, 3.8) is 0 Å². The van der Waals surface area contributed by atoms with Crippen LogP contribution in [0.15, 0.2) is 23.4 Å². The minimum Gasteiger partial charge on any atom is -0.301 e. The van der Waals surface area contributed by atoms with E-state index in [2.05, 4.69) is 15.0 Å². The quantitative estimate of drug-likeness (QED) is 0.418. The minimum absolute atomic E-state index is 0.0309. The number of halogens is 1. The topological polar surface area (TPSA) is 83.1 Å². The molecule has 7 heteroatoms. The molecule has 0 bridgehead atoms. The van der Waals surface area contributed by atoms with Crippen molar-refractivity contribution in [2.45, 2.75) is 6.92 Å². The van der Waals surface area contributed by atoms with Gasteiger partial charge in [-0.05, 0) is 29.7 Å². The molecule has 0 fully saturated rings. The van der Waals surface area contributed by atoms with E-state index < -0.39 is 11.7 Å². The van der Waals surface area contributed by atoms with E-state index in [9.17, 15) is 9.18 Å². The van der Waals surface area contributed by atoms with Gasteiger partial charge in [0.05, 0.1) is 5.69 Å². The zero-order valence-corrected chi connectivity index (χ0v) is 8.25. The first-order valence-corrected chi connectivity index (χ1v) is 4.37.